The quantitative estimate of drug-likeness (QED) is 0.849. The van der Waals surface area contributed by atoms with E-state index >= 15 is 0 Å². The minimum absolute atomic E-state index is 0.331. The lowest BCUT2D eigenvalue weighted by atomic mass is 10.1. The number of nitrogens with zero attached hydrogens (tertiary/aromatic N) is 1. The summed E-state index contributed by atoms with van der Waals surface area (Å²) in [6.45, 7) is 7.11. The molecule has 1 aliphatic rings. The molecule has 0 aromatic carbocycles. The monoisotopic (exact) mass is 240 g/mol. The molecule has 1 aliphatic carbocycles. The molecule has 2 N–H and O–H groups in total. The lowest BCUT2D eigenvalue weighted by Gasteiger charge is -2.03. The van der Waals surface area contributed by atoms with Crippen molar-refractivity contribution in [2.24, 2.45) is 11.3 Å². The Hall–Kier alpha value is -1.10. The molecule has 0 spiro atoms. The van der Waals surface area contributed by atoms with Crippen LogP contribution in [0.2, 0.25) is 0 Å². The third kappa shape index (κ3) is 2.19. The molecule has 4 nitrogen and oxygen atoms in total. The second kappa shape index (κ2) is 3.73. The number of aromatic carboxylic acids is 1. The van der Waals surface area contributed by atoms with Gasteiger partial charge in [-0.05, 0) is 24.7 Å². The summed E-state index contributed by atoms with van der Waals surface area (Å²) in [6, 6.07) is 0. The molecule has 1 saturated carbocycles. The Bertz CT molecular complexity index is 426. The predicted octanol–water partition coefficient (Wildman–Crippen LogP) is 2.61. The van der Waals surface area contributed by atoms with E-state index in [4.69, 9.17) is 5.11 Å². The predicted molar refractivity (Wildman–Crippen MR) is 64.2 cm³/mol. The highest BCUT2D eigenvalue weighted by Gasteiger charge is 2.45. The molecule has 1 aromatic heterocycles. The van der Waals surface area contributed by atoms with Crippen molar-refractivity contribution >= 4 is 22.4 Å². The second-order valence-corrected chi connectivity index (χ2v) is 6.01. The van der Waals surface area contributed by atoms with Crippen molar-refractivity contribution in [3.8, 4) is 0 Å². The molecule has 2 rings (SSSR count). The zero-order chi connectivity index (χ0) is 11.9. The summed E-state index contributed by atoms with van der Waals surface area (Å²) < 4.78 is 0. The number of carbonyl (C=O) groups is 1. The maximum absolute atomic E-state index is 10.8. The van der Waals surface area contributed by atoms with Gasteiger partial charge in [0.25, 0.3) is 0 Å². The van der Waals surface area contributed by atoms with Crippen molar-refractivity contribution < 1.29 is 9.90 Å². The highest BCUT2D eigenvalue weighted by atomic mass is 32.1. The summed E-state index contributed by atoms with van der Waals surface area (Å²) >= 11 is 1.22. The van der Waals surface area contributed by atoms with Crippen LogP contribution in [0.25, 0.3) is 0 Å². The number of aromatic nitrogens is 1. The van der Waals surface area contributed by atoms with E-state index in [-0.39, 0.29) is 0 Å². The average Bonchev–Trinajstić information content (AvgIpc) is 2.60. The smallest absolute Gasteiger partial charge is 0.347 e. The summed E-state index contributed by atoms with van der Waals surface area (Å²) in [4.78, 5) is 15.4. The number of carboxylic acids is 1. The fourth-order valence-corrected chi connectivity index (χ4v) is 2.62. The Morgan fingerprint density at radius 1 is 1.69 bits per heavy atom. The van der Waals surface area contributed by atoms with Crippen molar-refractivity contribution in [3.63, 3.8) is 0 Å². The van der Waals surface area contributed by atoms with Crippen LogP contribution in [-0.2, 0) is 0 Å². The van der Waals surface area contributed by atoms with Gasteiger partial charge in [0.1, 0.15) is 4.88 Å². The topological polar surface area (TPSA) is 62.2 Å². The van der Waals surface area contributed by atoms with Gasteiger partial charge in [-0.25, -0.2) is 9.78 Å². The Kier molecular flexibility index (Phi) is 2.66. The summed E-state index contributed by atoms with van der Waals surface area (Å²) in [5.41, 5.74) is 1.03. The van der Waals surface area contributed by atoms with Crippen molar-refractivity contribution in [1.82, 2.24) is 4.98 Å². The van der Waals surface area contributed by atoms with Crippen LogP contribution in [0.1, 0.15) is 35.6 Å². The van der Waals surface area contributed by atoms with E-state index in [2.05, 4.69) is 24.1 Å². The Labute approximate surface area is 98.7 Å². The van der Waals surface area contributed by atoms with Crippen LogP contribution < -0.4 is 5.32 Å². The van der Waals surface area contributed by atoms with E-state index in [1.165, 1.54) is 17.8 Å². The molecule has 0 amide bonds. The molecule has 1 atom stereocenters. The van der Waals surface area contributed by atoms with Crippen LogP contribution in [0, 0.1) is 18.3 Å². The van der Waals surface area contributed by atoms with Gasteiger partial charge in [0.15, 0.2) is 5.13 Å². The largest absolute Gasteiger partial charge is 0.477 e. The van der Waals surface area contributed by atoms with Crippen molar-refractivity contribution in [3.05, 3.63) is 10.6 Å². The first-order valence-electron chi connectivity index (χ1n) is 5.35. The van der Waals surface area contributed by atoms with Crippen molar-refractivity contribution in [2.75, 3.05) is 11.9 Å². The van der Waals surface area contributed by atoms with E-state index in [1.807, 2.05) is 0 Å². The zero-order valence-corrected chi connectivity index (χ0v) is 10.5. The Morgan fingerprint density at radius 3 is 2.75 bits per heavy atom. The average molecular weight is 240 g/mol. The Morgan fingerprint density at radius 2 is 2.31 bits per heavy atom. The van der Waals surface area contributed by atoms with Gasteiger partial charge in [-0.15, -0.1) is 0 Å². The number of anilines is 1. The number of rotatable bonds is 4. The Balaban J connectivity index is 1.95. The highest BCUT2D eigenvalue weighted by Crippen LogP contribution is 2.51. The molecule has 1 heterocycles. The summed E-state index contributed by atoms with van der Waals surface area (Å²) in [7, 11) is 0. The SMILES string of the molecule is Cc1nc(NCC2CC2(C)C)sc1C(=O)O. The molecule has 1 unspecified atom stereocenters. The van der Waals surface area contributed by atoms with Gasteiger partial charge in [0, 0.05) is 6.54 Å². The third-order valence-corrected chi connectivity index (χ3v) is 4.31. The fraction of sp³-hybridized carbons (Fsp3) is 0.636. The minimum atomic E-state index is -0.894. The maximum Gasteiger partial charge on any atom is 0.347 e. The maximum atomic E-state index is 10.8. The van der Waals surface area contributed by atoms with Gasteiger partial charge in [0.2, 0.25) is 0 Å². The first kappa shape index (κ1) is 11.4. The van der Waals surface area contributed by atoms with E-state index in [9.17, 15) is 4.79 Å². The molecule has 0 radical (unpaired) electrons. The molecule has 16 heavy (non-hydrogen) atoms. The van der Waals surface area contributed by atoms with Gasteiger partial charge in [0.05, 0.1) is 5.69 Å². The standard InChI is InChI=1S/C11H16N2O2S/c1-6-8(9(14)15)16-10(13-6)12-5-7-4-11(7,2)3/h7H,4-5H2,1-3H3,(H,12,13)(H,14,15). The first-order valence-corrected chi connectivity index (χ1v) is 6.16. The first-order chi connectivity index (χ1) is 7.40. The molecule has 5 heteroatoms. The van der Waals surface area contributed by atoms with Crippen LogP contribution in [0.5, 0.6) is 0 Å². The molecule has 0 saturated heterocycles. The molecule has 1 aromatic rings. The lowest BCUT2D eigenvalue weighted by Crippen LogP contribution is -2.06. The second-order valence-electron chi connectivity index (χ2n) is 5.01. The third-order valence-electron chi connectivity index (χ3n) is 3.21. The number of carboxylic acid groups (broad SMARTS) is 1. The minimum Gasteiger partial charge on any atom is -0.477 e. The van der Waals surface area contributed by atoms with Crippen LogP contribution >= 0.6 is 11.3 Å². The summed E-state index contributed by atoms with van der Waals surface area (Å²) in [5.74, 6) is -0.209. The zero-order valence-electron chi connectivity index (χ0n) is 9.70. The number of hydrogen-bond donors (Lipinski definition) is 2. The van der Waals surface area contributed by atoms with Crippen LogP contribution in [0.3, 0.4) is 0 Å². The van der Waals surface area contributed by atoms with Crippen LogP contribution in [0.4, 0.5) is 5.13 Å². The molecular weight excluding hydrogens is 224 g/mol. The van der Waals surface area contributed by atoms with Gasteiger partial charge in [-0.2, -0.15) is 0 Å². The lowest BCUT2D eigenvalue weighted by molar-refractivity contribution is 0.0701. The van der Waals surface area contributed by atoms with E-state index in [0.717, 1.165) is 11.7 Å². The molecule has 0 aliphatic heterocycles. The molecular formula is C11H16N2O2S. The number of aryl methyl sites for hydroxylation is 1. The van der Waals surface area contributed by atoms with E-state index in [0.29, 0.717) is 21.9 Å². The van der Waals surface area contributed by atoms with E-state index in [1.54, 1.807) is 6.92 Å². The van der Waals surface area contributed by atoms with Crippen LogP contribution in [-0.4, -0.2) is 22.6 Å². The number of nitrogens with one attached hydrogen (secondary N) is 1. The molecule has 1 fully saturated rings. The highest BCUT2D eigenvalue weighted by molar-refractivity contribution is 7.17. The van der Waals surface area contributed by atoms with Crippen molar-refractivity contribution in [2.45, 2.75) is 27.2 Å². The van der Waals surface area contributed by atoms with Gasteiger partial charge in [-0.3, -0.25) is 0 Å². The molecule has 0 bridgehead atoms. The fourth-order valence-electron chi connectivity index (χ4n) is 1.81. The normalized spacial score (nSPS) is 21.8. The van der Waals surface area contributed by atoms with Gasteiger partial charge < -0.3 is 10.4 Å². The summed E-state index contributed by atoms with van der Waals surface area (Å²) in [5, 5.41) is 12.8. The number of hydrogen-bond acceptors (Lipinski definition) is 4. The van der Waals surface area contributed by atoms with Gasteiger partial charge in [-0.1, -0.05) is 25.2 Å². The van der Waals surface area contributed by atoms with Crippen LogP contribution in [0.15, 0.2) is 0 Å². The number of thiazole rings is 1. The van der Waals surface area contributed by atoms with E-state index < -0.39 is 5.97 Å². The van der Waals surface area contributed by atoms with Gasteiger partial charge >= 0.3 is 5.97 Å². The van der Waals surface area contributed by atoms with Crippen molar-refractivity contribution in [1.29, 1.82) is 0 Å². The summed E-state index contributed by atoms with van der Waals surface area (Å²) in [6.07, 6.45) is 1.23. The molecule has 88 valence electrons.